The Morgan fingerprint density at radius 2 is 2.17 bits per heavy atom. The van der Waals surface area contributed by atoms with Gasteiger partial charge in [-0.25, -0.2) is 4.68 Å². The average molecular weight is 242 g/mol. The molecule has 2 N–H and O–H groups in total. The van der Waals surface area contributed by atoms with Crippen LogP contribution in [0.2, 0.25) is 0 Å². The molecule has 1 unspecified atom stereocenters. The second kappa shape index (κ2) is 4.53. The van der Waals surface area contributed by atoms with Crippen LogP contribution in [0.4, 0.5) is 0 Å². The van der Waals surface area contributed by atoms with E-state index in [1.807, 2.05) is 11.6 Å². The van der Waals surface area contributed by atoms with Crippen molar-refractivity contribution in [1.82, 2.24) is 15.0 Å². The monoisotopic (exact) mass is 242 g/mol. The molecule has 4 nitrogen and oxygen atoms in total. The maximum absolute atomic E-state index is 6.33. The maximum Gasteiger partial charge on any atom is 0.0799 e. The molecule has 1 aliphatic carbocycles. The van der Waals surface area contributed by atoms with Gasteiger partial charge in [-0.15, -0.1) is 5.10 Å². The number of aromatic nitrogens is 3. The van der Waals surface area contributed by atoms with E-state index in [1.165, 1.54) is 30.4 Å². The zero-order chi connectivity index (χ0) is 12.5. The molecule has 94 valence electrons. The first-order chi connectivity index (χ1) is 8.79. The molecule has 0 fully saturated rings. The summed E-state index contributed by atoms with van der Waals surface area (Å²) in [7, 11) is 0. The molecule has 2 aromatic rings. The Kier molecular flexibility index (Phi) is 2.88. The molecule has 1 atom stereocenters. The third-order valence-corrected chi connectivity index (χ3v) is 3.75. The summed E-state index contributed by atoms with van der Waals surface area (Å²) in [4.78, 5) is 0. The molecule has 3 rings (SSSR count). The van der Waals surface area contributed by atoms with Crippen molar-refractivity contribution in [2.24, 2.45) is 5.73 Å². The van der Waals surface area contributed by atoms with Crippen LogP contribution < -0.4 is 5.73 Å². The van der Waals surface area contributed by atoms with Crippen LogP contribution in [-0.2, 0) is 19.4 Å². The quantitative estimate of drug-likeness (QED) is 0.893. The fourth-order valence-corrected chi connectivity index (χ4v) is 2.71. The summed E-state index contributed by atoms with van der Waals surface area (Å²) < 4.78 is 1.86. The number of nitrogens with zero attached hydrogens (tertiary/aromatic N) is 3. The van der Waals surface area contributed by atoms with Gasteiger partial charge in [0.05, 0.1) is 17.9 Å². The van der Waals surface area contributed by atoms with E-state index in [9.17, 15) is 0 Å². The van der Waals surface area contributed by atoms with Gasteiger partial charge in [0.2, 0.25) is 0 Å². The molecule has 1 heterocycles. The summed E-state index contributed by atoms with van der Waals surface area (Å²) >= 11 is 0. The van der Waals surface area contributed by atoms with E-state index >= 15 is 0 Å². The van der Waals surface area contributed by atoms with Crippen molar-refractivity contribution in [3.8, 4) is 0 Å². The second-order valence-electron chi connectivity index (χ2n) is 4.83. The molecule has 18 heavy (non-hydrogen) atoms. The molecule has 0 bridgehead atoms. The number of nitrogens with two attached hydrogens (primary N) is 1. The van der Waals surface area contributed by atoms with Crippen LogP contribution in [0.25, 0.3) is 0 Å². The largest absolute Gasteiger partial charge is 0.319 e. The normalized spacial score (nSPS) is 15.7. The first-order valence-corrected chi connectivity index (χ1v) is 6.55. The Morgan fingerprint density at radius 3 is 3.00 bits per heavy atom. The zero-order valence-electron chi connectivity index (χ0n) is 10.6. The van der Waals surface area contributed by atoms with Crippen LogP contribution in [0.5, 0.6) is 0 Å². The summed E-state index contributed by atoms with van der Waals surface area (Å²) in [5.41, 5.74) is 11.4. The van der Waals surface area contributed by atoms with Gasteiger partial charge >= 0.3 is 0 Å². The van der Waals surface area contributed by atoms with E-state index in [0.717, 1.165) is 17.8 Å². The second-order valence-corrected chi connectivity index (χ2v) is 4.83. The molecule has 0 saturated carbocycles. The molecule has 0 aliphatic heterocycles. The van der Waals surface area contributed by atoms with Gasteiger partial charge in [-0.05, 0) is 42.9 Å². The predicted octanol–water partition coefficient (Wildman–Crippen LogP) is 1.83. The number of hydrogen-bond acceptors (Lipinski definition) is 3. The van der Waals surface area contributed by atoms with Gasteiger partial charge in [0.25, 0.3) is 0 Å². The molecule has 1 aromatic heterocycles. The highest BCUT2D eigenvalue weighted by molar-refractivity contribution is 5.38. The Bertz CT molecular complexity index is 559. The van der Waals surface area contributed by atoms with Gasteiger partial charge in [-0.2, -0.15) is 0 Å². The number of benzene rings is 1. The van der Waals surface area contributed by atoms with Crippen LogP contribution >= 0.6 is 0 Å². The van der Waals surface area contributed by atoms with Crippen molar-refractivity contribution < 1.29 is 0 Å². The highest BCUT2D eigenvalue weighted by Crippen LogP contribution is 2.26. The van der Waals surface area contributed by atoms with E-state index in [2.05, 4.69) is 28.5 Å². The van der Waals surface area contributed by atoms with Crippen molar-refractivity contribution in [3.05, 3.63) is 46.8 Å². The van der Waals surface area contributed by atoms with Crippen LogP contribution in [0.1, 0.15) is 41.8 Å². The fourth-order valence-electron chi connectivity index (χ4n) is 2.71. The molecular weight excluding hydrogens is 224 g/mol. The molecule has 4 heteroatoms. The van der Waals surface area contributed by atoms with Gasteiger partial charge in [-0.1, -0.05) is 23.4 Å². The van der Waals surface area contributed by atoms with E-state index in [4.69, 9.17) is 5.73 Å². The lowest BCUT2D eigenvalue weighted by molar-refractivity contribution is 0.581. The zero-order valence-corrected chi connectivity index (χ0v) is 10.6. The lowest BCUT2D eigenvalue weighted by Gasteiger charge is -2.14. The first-order valence-electron chi connectivity index (χ1n) is 6.55. The van der Waals surface area contributed by atoms with Crippen molar-refractivity contribution >= 4 is 0 Å². The highest BCUT2D eigenvalue weighted by Gasteiger charge is 2.17. The van der Waals surface area contributed by atoms with E-state index in [1.54, 1.807) is 6.20 Å². The van der Waals surface area contributed by atoms with Gasteiger partial charge < -0.3 is 5.73 Å². The van der Waals surface area contributed by atoms with Crippen LogP contribution in [0.15, 0.2) is 24.4 Å². The molecule has 0 saturated heterocycles. The Balaban J connectivity index is 1.95. The van der Waals surface area contributed by atoms with Crippen molar-refractivity contribution in [2.45, 2.75) is 38.8 Å². The highest BCUT2D eigenvalue weighted by atomic mass is 15.4. The van der Waals surface area contributed by atoms with Crippen molar-refractivity contribution in [3.63, 3.8) is 0 Å². The minimum atomic E-state index is -0.133. The minimum absolute atomic E-state index is 0.133. The lowest BCUT2D eigenvalue weighted by atomic mass is 10.00. The van der Waals surface area contributed by atoms with Gasteiger partial charge in [0.15, 0.2) is 0 Å². The van der Waals surface area contributed by atoms with Gasteiger partial charge in [0.1, 0.15) is 0 Å². The number of fused-ring (bicyclic) bond motifs is 1. The minimum Gasteiger partial charge on any atom is -0.319 e. The summed E-state index contributed by atoms with van der Waals surface area (Å²) in [5, 5.41) is 7.99. The Labute approximate surface area is 107 Å². The van der Waals surface area contributed by atoms with E-state index < -0.39 is 0 Å². The summed E-state index contributed by atoms with van der Waals surface area (Å²) in [6, 6.07) is 6.48. The van der Waals surface area contributed by atoms with E-state index in [-0.39, 0.29) is 6.04 Å². The van der Waals surface area contributed by atoms with Crippen LogP contribution in [-0.4, -0.2) is 15.0 Å². The van der Waals surface area contributed by atoms with Crippen LogP contribution in [0, 0.1) is 0 Å². The average Bonchev–Trinajstić information content (AvgIpc) is 3.05. The van der Waals surface area contributed by atoms with Crippen molar-refractivity contribution in [2.75, 3.05) is 0 Å². The smallest absolute Gasteiger partial charge is 0.0799 e. The number of rotatable bonds is 3. The van der Waals surface area contributed by atoms with Crippen LogP contribution in [0.3, 0.4) is 0 Å². The molecule has 0 radical (unpaired) electrons. The summed E-state index contributed by atoms with van der Waals surface area (Å²) in [6.45, 7) is 2.85. The van der Waals surface area contributed by atoms with E-state index in [0.29, 0.717) is 0 Å². The SMILES string of the molecule is CCn1nncc1C(N)c1ccc2c(c1)CCC2. The maximum atomic E-state index is 6.33. The summed E-state index contributed by atoms with van der Waals surface area (Å²) in [5.74, 6) is 0. The molecule has 1 aromatic carbocycles. The Morgan fingerprint density at radius 1 is 1.33 bits per heavy atom. The molecule has 0 amide bonds. The number of aryl methyl sites for hydroxylation is 3. The predicted molar refractivity (Wildman–Crippen MR) is 70.2 cm³/mol. The fraction of sp³-hybridized carbons (Fsp3) is 0.429. The number of hydrogen-bond donors (Lipinski definition) is 1. The molecule has 1 aliphatic rings. The molecular formula is C14H18N4. The molecule has 0 spiro atoms. The van der Waals surface area contributed by atoms with Gasteiger partial charge in [0, 0.05) is 6.54 Å². The third kappa shape index (κ3) is 1.82. The Hall–Kier alpha value is -1.68. The standard InChI is InChI=1S/C14H18N4/c1-2-18-13(9-16-17-18)14(15)12-7-6-10-4-3-5-11(10)8-12/h6-9,14H,2-5,15H2,1H3. The topological polar surface area (TPSA) is 56.7 Å². The lowest BCUT2D eigenvalue weighted by Crippen LogP contribution is -2.17. The van der Waals surface area contributed by atoms with Crippen molar-refractivity contribution in [1.29, 1.82) is 0 Å². The summed E-state index contributed by atoms with van der Waals surface area (Å²) in [6.07, 6.45) is 5.42. The third-order valence-electron chi connectivity index (χ3n) is 3.75. The first kappa shape index (κ1) is 11.4. The van der Waals surface area contributed by atoms with Gasteiger partial charge in [-0.3, -0.25) is 0 Å².